The average Bonchev–Trinajstić information content (AvgIpc) is 2.96. The molecule has 1 aliphatic carbocycles. The molecule has 1 aliphatic heterocycles. The molecule has 0 aromatic carbocycles. The fourth-order valence-corrected chi connectivity index (χ4v) is 2.49. The van der Waals surface area contributed by atoms with Crippen molar-refractivity contribution >= 4 is 5.97 Å². The lowest BCUT2D eigenvalue weighted by Crippen LogP contribution is -2.28. The predicted octanol–water partition coefficient (Wildman–Crippen LogP) is 2.68. The number of carbonyl (C=O) groups is 1. The molecule has 2 aliphatic rings. The van der Waals surface area contributed by atoms with Crippen molar-refractivity contribution in [2.24, 2.45) is 5.92 Å². The Labute approximate surface area is 97.5 Å². The minimum atomic E-state index is -0.403. The number of ether oxygens (including phenoxy) is 2. The molecular weight excluding hydrogens is 204 g/mol. The van der Waals surface area contributed by atoms with Gasteiger partial charge in [-0.1, -0.05) is 19.3 Å². The summed E-state index contributed by atoms with van der Waals surface area (Å²) in [6.07, 6.45) is 6.20. The minimum Gasteiger partial charge on any atom is -0.458 e. The number of carbonyl (C=O) groups excluding carboxylic acids is 1. The van der Waals surface area contributed by atoms with Crippen molar-refractivity contribution in [1.82, 2.24) is 0 Å². The molecule has 0 amide bonds. The third-order valence-corrected chi connectivity index (χ3v) is 3.28. The van der Waals surface area contributed by atoms with Crippen molar-refractivity contribution in [3.05, 3.63) is 0 Å². The molecule has 3 nitrogen and oxygen atoms in total. The first-order valence-electron chi connectivity index (χ1n) is 6.36. The van der Waals surface area contributed by atoms with Gasteiger partial charge in [-0.2, -0.15) is 0 Å². The highest BCUT2D eigenvalue weighted by molar-refractivity contribution is 5.78. The topological polar surface area (TPSA) is 38.8 Å². The van der Waals surface area contributed by atoms with Gasteiger partial charge >= 0.3 is 5.97 Å². The van der Waals surface area contributed by atoms with Gasteiger partial charge in [0, 0.05) is 0 Å². The summed E-state index contributed by atoms with van der Waals surface area (Å²) in [5, 5.41) is 0. The summed E-state index contributed by atoms with van der Waals surface area (Å²) in [4.78, 5) is 11.7. The van der Waals surface area contributed by atoms with Gasteiger partial charge in [-0.25, -0.2) is 4.79 Å². The molecule has 0 aromatic rings. The van der Waals surface area contributed by atoms with Gasteiger partial charge in [0.2, 0.25) is 0 Å². The molecule has 1 saturated heterocycles. The molecule has 0 radical (unpaired) electrons. The highest BCUT2D eigenvalue weighted by Gasteiger charge is 2.51. The molecule has 2 rings (SSSR count). The minimum absolute atomic E-state index is 0.148. The van der Waals surface area contributed by atoms with Crippen LogP contribution in [0, 0.1) is 5.92 Å². The van der Waals surface area contributed by atoms with Crippen molar-refractivity contribution < 1.29 is 14.3 Å². The van der Waals surface area contributed by atoms with E-state index in [0.717, 1.165) is 0 Å². The lowest BCUT2D eigenvalue weighted by Gasteiger charge is -2.20. The Morgan fingerprint density at radius 2 is 1.81 bits per heavy atom. The van der Waals surface area contributed by atoms with Crippen LogP contribution in [0.2, 0.25) is 0 Å². The van der Waals surface area contributed by atoms with Crippen LogP contribution in [0.4, 0.5) is 0 Å². The summed E-state index contributed by atoms with van der Waals surface area (Å²) in [5.41, 5.74) is -0.403. The molecule has 0 N–H and O–H groups in total. The average molecular weight is 226 g/mol. The highest BCUT2D eigenvalue weighted by Crippen LogP contribution is 2.39. The van der Waals surface area contributed by atoms with Crippen LogP contribution in [0.25, 0.3) is 0 Å². The fraction of sp³-hybridized carbons (Fsp3) is 0.923. The SMILES string of the molecule is CC(C)(C)OC(=O)[C@H]1O[C@@H]1C1CCCCC1. The number of hydrogen-bond donors (Lipinski definition) is 0. The zero-order valence-corrected chi connectivity index (χ0v) is 10.5. The maximum Gasteiger partial charge on any atom is 0.338 e. The van der Waals surface area contributed by atoms with Crippen molar-refractivity contribution in [2.75, 3.05) is 0 Å². The van der Waals surface area contributed by atoms with Gasteiger partial charge in [-0.3, -0.25) is 0 Å². The molecule has 1 saturated carbocycles. The zero-order valence-electron chi connectivity index (χ0n) is 10.5. The maximum atomic E-state index is 11.7. The number of epoxide rings is 1. The second-order valence-electron chi connectivity index (χ2n) is 5.95. The van der Waals surface area contributed by atoms with Gasteiger partial charge in [0.15, 0.2) is 6.10 Å². The maximum absolute atomic E-state index is 11.7. The largest absolute Gasteiger partial charge is 0.458 e. The van der Waals surface area contributed by atoms with Gasteiger partial charge in [0.1, 0.15) is 5.60 Å². The summed E-state index contributed by atoms with van der Waals surface area (Å²) in [5.74, 6) is 0.411. The van der Waals surface area contributed by atoms with Gasteiger partial charge in [-0.05, 0) is 39.5 Å². The summed E-state index contributed by atoms with van der Waals surface area (Å²) in [7, 11) is 0. The monoisotopic (exact) mass is 226 g/mol. The molecule has 92 valence electrons. The van der Waals surface area contributed by atoms with E-state index >= 15 is 0 Å². The lowest BCUT2D eigenvalue weighted by atomic mass is 9.86. The van der Waals surface area contributed by atoms with E-state index < -0.39 is 5.60 Å². The van der Waals surface area contributed by atoms with Gasteiger partial charge in [-0.15, -0.1) is 0 Å². The number of rotatable bonds is 2. The van der Waals surface area contributed by atoms with E-state index in [2.05, 4.69) is 0 Å². The Bertz CT molecular complexity index is 261. The van der Waals surface area contributed by atoms with E-state index in [1.165, 1.54) is 32.1 Å². The highest BCUT2D eigenvalue weighted by atomic mass is 16.6. The molecule has 2 atom stereocenters. The van der Waals surface area contributed by atoms with Crippen molar-refractivity contribution in [2.45, 2.75) is 70.7 Å². The Balaban J connectivity index is 1.79. The molecule has 0 unspecified atom stereocenters. The second kappa shape index (κ2) is 4.36. The van der Waals surface area contributed by atoms with Crippen LogP contribution >= 0.6 is 0 Å². The molecular formula is C13H22O3. The van der Waals surface area contributed by atoms with Gasteiger partial charge in [0.05, 0.1) is 6.10 Å². The van der Waals surface area contributed by atoms with Crippen LogP contribution in [0.15, 0.2) is 0 Å². The smallest absolute Gasteiger partial charge is 0.338 e. The van der Waals surface area contributed by atoms with Gasteiger partial charge in [0.25, 0.3) is 0 Å². The first-order chi connectivity index (χ1) is 7.47. The Hall–Kier alpha value is -0.570. The Kier molecular flexibility index (Phi) is 3.24. The molecule has 0 aromatic heterocycles. The Morgan fingerprint density at radius 3 is 2.38 bits per heavy atom. The normalized spacial score (nSPS) is 31.2. The zero-order chi connectivity index (χ0) is 11.8. The van der Waals surface area contributed by atoms with E-state index in [0.29, 0.717) is 5.92 Å². The molecule has 2 fully saturated rings. The second-order valence-corrected chi connectivity index (χ2v) is 5.95. The molecule has 3 heteroatoms. The lowest BCUT2D eigenvalue weighted by molar-refractivity contribution is -0.156. The fourth-order valence-electron chi connectivity index (χ4n) is 2.49. The summed E-state index contributed by atoms with van der Waals surface area (Å²) >= 11 is 0. The van der Waals surface area contributed by atoms with E-state index in [1.807, 2.05) is 20.8 Å². The van der Waals surface area contributed by atoms with Crippen LogP contribution in [0.1, 0.15) is 52.9 Å². The molecule has 0 bridgehead atoms. The van der Waals surface area contributed by atoms with Crippen molar-refractivity contribution in [3.8, 4) is 0 Å². The van der Waals surface area contributed by atoms with E-state index in [1.54, 1.807) is 0 Å². The molecule has 16 heavy (non-hydrogen) atoms. The first-order valence-corrected chi connectivity index (χ1v) is 6.36. The van der Waals surface area contributed by atoms with E-state index in [9.17, 15) is 4.79 Å². The van der Waals surface area contributed by atoms with Crippen LogP contribution in [-0.4, -0.2) is 23.8 Å². The third-order valence-electron chi connectivity index (χ3n) is 3.28. The van der Waals surface area contributed by atoms with E-state index in [-0.39, 0.29) is 18.2 Å². The molecule has 0 spiro atoms. The van der Waals surface area contributed by atoms with Gasteiger partial charge < -0.3 is 9.47 Å². The summed E-state index contributed by atoms with van der Waals surface area (Å²) < 4.78 is 10.8. The number of hydrogen-bond acceptors (Lipinski definition) is 3. The van der Waals surface area contributed by atoms with Crippen LogP contribution in [0.5, 0.6) is 0 Å². The summed E-state index contributed by atoms with van der Waals surface area (Å²) in [6.45, 7) is 5.68. The summed E-state index contributed by atoms with van der Waals surface area (Å²) in [6, 6.07) is 0. The van der Waals surface area contributed by atoms with Crippen LogP contribution < -0.4 is 0 Å². The molecule has 1 heterocycles. The predicted molar refractivity (Wildman–Crippen MR) is 61.1 cm³/mol. The Morgan fingerprint density at radius 1 is 1.19 bits per heavy atom. The first kappa shape index (κ1) is 11.9. The quantitative estimate of drug-likeness (QED) is 0.536. The van der Waals surface area contributed by atoms with Crippen LogP contribution in [-0.2, 0) is 14.3 Å². The van der Waals surface area contributed by atoms with Crippen molar-refractivity contribution in [1.29, 1.82) is 0 Å². The third kappa shape index (κ3) is 2.97. The standard InChI is InChI=1S/C13H22O3/c1-13(2,3)16-12(14)11-10(15-11)9-7-5-4-6-8-9/h9-11H,4-8H2,1-3H3/t10-,11+/m1/s1. The van der Waals surface area contributed by atoms with E-state index in [4.69, 9.17) is 9.47 Å². The number of esters is 1. The van der Waals surface area contributed by atoms with Crippen LogP contribution in [0.3, 0.4) is 0 Å². The van der Waals surface area contributed by atoms with Crippen molar-refractivity contribution in [3.63, 3.8) is 0 Å².